The molecule has 0 unspecified atom stereocenters. The molecule has 1 aliphatic carbocycles. The average molecular weight is 111 g/mol. The first-order valence-electron chi connectivity index (χ1n) is 1.57. The summed E-state index contributed by atoms with van der Waals surface area (Å²) in [4.78, 5) is 0. The molecule has 0 aromatic heterocycles. The minimum absolute atomic E-state index is 1.38. The quantitative estimate of drug-likeness (QED) is 0.322. The average Bonchev–Trinajstić information content (AvgIpc) is 2.19. The first-order chi connectivity index (χ1) is 2.50. The standard InChI is InChI=1S/C3H5.CH2.Fe/c1-2-3-1;;/h1H,2-3H2;1H2;/q-1;;+1. The van der Waals surface area contributed by atoms with E-state index in [2.05, 4.69) is 27.4 Å². The normalized spacial score (nSPS) is 15.2. The molecule has 0 heterocycles. The fraction of sp³-hybridized carbons (Fsp3) is 0.500. The molecule has 0 nitrogen and oxygen atoms in total. The van der Waals surface area contributed by atoms with Gasteiger partial charge < -0.3 is 6.42 Å². The van der Waals surface area contributed by atoms with Gasteiger partial charge in [-0.2, -0.15) is 0 Å². The van der Waals surface area contributed by atoms with Gasteiger partial charge in [0.15, 0.2) is 0 Å². The molecule has 1 heteroatoms. The molecular formula is C4H7Fe. The number of rotatable bonds is 0. The summed E-state index contributed by atoms with van der Waals surface area (Å²) in [6, 6.07) is 0. The Morgan fingerprint density at radius 3 is 1.60 bits per heavy atom. The number of hydrogen-bond donors (Lipinski definition) is 0. The van der Waals surface area contributed by atoms with Crippen LogP contribution in [0.25, 0.3) is 0 Å². The van der Waals surface area contributed by atoms with Gasteiger partial charge in [-0.1, -0.05) is 0 Å². The summed E-state index contributed by atoms with van der Waals surface area (Å²) in [5.41, 5.74) is 3.00. The van der Waals surface area contributed by atoms with Crippen molar-refractivity contribution in [1.82, 2.24) is 0 Å². The van der Waals surface area contributed by atoms with Crippen molar-refractivity contribution in [2.45, 2.75) is 12.8 Å². The molecule has 0 spiro atoms. The summed E-state index contributed by atoms with van der Waals surface area (Å²) in [5, 5.41) is 0. The van der Waals surface area contributed by atoms with Crippen molar-refractivity contribution in [2.75, 3.05) is 0 Å². The summed E-state index contributed by atoms with van der Waals surface area (Å²) in [6.45, 7) is 0. The fourth-order valence-corrected chi connectivity index (χ4v) is 0. The van der Waals surface area contributed by atoms with Crippen LogP contribution in [0.2, 0.25) is 0 Å². The van der Waals surface area contributed by atoms with Crippen molar-refractivity contribution in [1.29, 1.82) is 0 Å². The predicted molar refractivity (Wildman–Crippen MR) is 20.7 cm³/mol. The second-order valence-corrected chi connectivity index (χ2v) is 0.866. The molecule has 0 atom stereocenters. The van der Waals surface area contributed by atoms with Gasteiger partial charge in [-0.3, -0.25) is 0 Å². The van der Waals surface area contributed by atoms with Crippen molar-refractivity contribution in [2.24, 2.45) is 0 Å². The zero-order valence-electron chi connectivity index (χ0n) is 3.05. The van der Waals surface area contributed by atoms with Crippen molar-refractivity contribution < 1.29 is 15.6 Å². The summed E-state index contributed by atoms with van der Waals surface area (Å²) < 4.78 is 0. The Kier molecular flexibility index (Phi) is 4.73. The maximum absolute atomic E-state index is 3.00. The Morgan fingerprint density at radius 2 is 1.60 bits per heavy atom. The molecule has 5 heavy (non-hydrogen) atoms. The first kappa shape index (κ1) is 5.39. The van der Waals surface area contributed by atoms with Gasteiger partial charge in [0.2, 0.25) is 0 Å². The third-order valence-corrected chi connectivity index (χ3v) is 0.289. The third-order valence-electron chi connectivity index (χ3n) is 0.289. The van der Waals surface area contributed by atoms with E-state index in [-0.39, 0.29) is 0 Å². The van der Waals surface area contributed by atoms with Gasteiger partial charge in [0.25, 0.3) is 0 Å². The van der Waals surface area contributed by atoms with Gasteiger partial charge in [-0.05, 0) is 0 Å². The SMILES string of the molecule is [CH-]1CC1.[CH2]=[Fe+]. The van der Waals surface area contributed by atoms with Crippen molar-refractivity contribution in [3.05, 3.63) is 6.42 Å². The molecule has 0 aliphatic heterocycles. The fourth-order valence-electron chi connectivity index (χ4n) is 0. The van der Waals surface area contributed by atoms with Crippen LogP contribution in [-0.2, 0) is 15.6 Å². The van der Waals surface area contributed by atoms with E-state index in [0.717, 1.165) is 0 Å². The van der Waals surface area contributed by atoms with Gasteiger partial charge in [0, 0.05) is 0 Å². The van der Waals surface area contributed by atoms with Crippen LogP contribution in [0.1, 0.15) is 12.8 Å². The van der Waals surface area contributed by atoms with E-state index in [1.54, 1.807) is 0 Å². The van der Waals surface area contributed by atoms with E-state index in [0.29, 0.717) is 0 Å². The second kappa shape index (κ2) is 4.39. The molecule has 0 N–H and O–H groups in total. The van der Waals surface area contributed by atoms with E-state index in [1.165, 1.54) is 12.8 Å². The Labute approximate surface area is 40.9 Å². The molecule has 0 saturated heterocycles. The Bertz CT molecular complexity index is 14.9. The van der Waals surface area contributed by atoms with Crippen LogP contribution in [0.15, 0.2) is 0 Å². The molecule has 1 aliphatic rings. The molecule has 1 saturated carbocycles. The van der Waals surface area contributed by atoms with E-state index in [4.69, 9.17) is 0 Å². The Balaban J connectivity index is 0.0000000733. The van der Waals surface area contributed by atoms with Gasteiger partial charge >= 0.3 is 21.0 Å². The van der Waals surface area contributed by atoms with Crippen molar-refractivity contribution >= 4 is 5.42 Å². The van der Waals surface area contributed by atoms with Crippen LogP contribution in [0.4, 0.5) is 0 Å². The van der Waals surface area contributed by atoms with E-state index < -0.39 is 0 Å². The summed E-state index contributed by atoms with van der Waals surface area (Å²) in [7, 11) is 0. The van der Waals surface area contributed by atoms with Gasteiger partial charge in [0.05, 0.1) is 0 Å². The van der Waals surface area contributed by atoms with Crippen LogP contribution in [0.5, 0.6) is 0 Å². The van der Waals surface area contributed by atoms with E-state index in [9.17, 15) is 0 Å². The molecular weight excluding hydrogens is 104 g/mol. The molecule has 0 bridgehead atoms. The van der Waals surface area contributed by atoms with Crippen molar-refractivity contribution in [3.8, 4) is 0 Å². The van der Waals surface area contributed by atoms with Crippen molar-refractivity contribution in [3.63, 3.8) is 0 Å². The first-order valence-corrected chi connectivity index (χ1v) is 2.35. The van der Waals surface area contributed by atoms with Gasteiger partial charge in [0.1, 0.15) is 0 Å². The third kappa shape index (κ3) is 13.0. The summed E-state index contributed by atoms with van der Waals surface area (Å²) >= 11 is 3.00. The summed E-state index contributed by atoms with van der Waals surface area (Å²) in [5.74, 6) is 0. The van der Waals surface area contributed by atoms with Crippen LogP contribution >= 0.6 is 0 Å². The van der Waals surface area contributed by atoms with Gasteiger partial charge in [-0.25, -0.2) is 12.8 Å². The van der Waals surface area contributed by atoms with Crippen LogP contribution in [-0.4, -0.2) is 5.42 Å². The van der Waals surface area contributed by atoms with Gasteiger partial charge in [-0.15, -0.1) is 0 Å². The molecule has 0 radical (unpaired) electrons. The Hall–Kier alpha value is 0.389. The van der Waals surface area contributed by atoms with Crippen LogP contribution in [0.3, 0.4) is 0 Å². The maximum atomic E-state index is 3.00. The van der Waals surface area contributed by atoms with Crippen LogP contribution in [0, 0.1) is 6.42 Å². The summed E-state index contributed by atoms with van der Waals surface area (Å²) in [6.07, 6.45) is 5.00. The molecule has 0 aromatic rings. The zero-order chi connectivity index (χ0) is 4.12. The predicted octanol–water partition coefficient (Wildman–Crippen LogP) is 0.950. The minimum atomic E-state index is 1.38. The molecule has 31 valence electrons. The molecule has 1 fully saturated rings. The van der Waals surface area contributed by atoms with Crippen LogP contribution < -0.4 is 0 Å². The topological polar surface area (TPSA) is 0 Å². The van der Waals surface area contributed by atoms with E-state index in [1.807, 2.05) is 0 Å². The molecule has 1 rings (SSSR count). The monoisotopic (exact) mass is 111 g/mol. The number of hydrogen-bond acceptors (Lipinski definition) is 0. The molecule has 0 aromatic carbocycles. The second-order valence-electron chi connectivity index (χ2n) is 0.866. The zero-order valence-corrected chi connectivity index (χ0v) is 4.16. The molecule has 0 amide bonds. The Morgan fingerprint density at radius 1 is 1.40 bits per heavy atom. The van der Waals surface area contributed by atoms with E-state index >= 15 is 0 Å².